The number of piperidine rings is 1. The zero-order valence-corrected chi connectivity index (χ0v) is 17.4. The summed E-state index contributed by atoms with van der Waals surface area (Å²) < 4.78 is 0. The minimum atomic E-state index is -0.152. The van der Waals surface area contributed by atoms with Crippen molar-refractivity contribution < 1.29 is 9.59 Å². The zero-order valence-electron chi connectivity index (χ0n) is 17.4. The van der Waals surface area contributed by atoms with E-state index in [9.17, 15) is 14.4 Å². The van der Waals surface area contributed by atoms with Crippen molar-refractivity contribution in [2.24, 2.45) is 5.92 Å². The monoisotopic (exact) mass is 400 g/mol. The predicted molar refractivity (Wildman–Crippen MR) is 109 cm³/mol. The van der Waals surface area contributed by atoms with Crippen molar-refractivity contribution in [1.29, 1.82) is 0 Å². The third-order valence-electron chi connectivity index (χ3n) is 6.79. The quantitative estimate of drug-likeness (QED) is 0.845. The minimum Gasteiger partial charge on any atom is -0.337 e. The van der Waals surface area contributed by atoms with Crippen molar-refractivity contribution in [2.45, 2.75) is 83.7 Å². The van der Waals surface area contributed by atoms with Gasteiger partial charge in [-0.2, -0.15) is 0 Å². The van der Waals surface area contributed by atoms with Gasteiger partial charge in [0.2, 0.25) is 11.8 Å². The van der Waals surface area contributed by atoms with Crippen LogP contribution in [0.2, 0.25) is 0 Å². The van der Waals surface area contributed by atoms with Crippen molar-refractivity contribution in [1.82, 2.24) is 19.8 Å². The van der Waals surface area contributed by atoms with Gasteiger partial charge in [-0.3, -0.25) is 14.4 Å². The number of nitrogens with zero attached hydrogens (tertiary/aromatic N) is 3. The van der Waals surface area contributed by atoms with E-state index in [1.165, 1.54) is 6.42 Å². The van der Waals surface area contributed by atoms with E-state index in [1.54, 1.807) is 0 Å². The van der Waals surface area contributed by atoms with Gasteiger partial charge in [0, 0.05) is 31.8 Å². The van der Waals surface area contributed by atoms with E-state index in [-0.39, 0.29) is 29.3 Å². The van der Waals surface area contributed by atoms with E-state index in [2.05, 4.69) is 4.98 Å². The molecule has 0 bridgehead atoms. The largest absolute Gasteiger partial charge is 0.337 e. The van der Waals surface area contributed by atoms with Crippen LogP contribution >= 0.6 is 0 Å². The van der Waals surface area contributed by atoms with Gasteiger partial charge in [-0.05, 0) is 32.1 Å². The zero-order chi connectivity index (χ0) is 20.4. The number of fused-ring (bicyclic) bond motifs is 1. The van der Waals surface area contributed by atoms with Gasteiger partial charge >= 0.3 is 0 Å². The summed E-state index contributed by atoms with van der Waals surface area (Å²) in [5, 5.41) is 0. The molecule has 0 unspecified atom stereocenters. The number of carbonyl (C=O) groups is 2. The molecule has 0 aromatic carbocycles. The summed E-state index contributed by atoms with van der Waals surface area (Å²) in [6.07, 6.45) is 9.34. The maximum Gasteiger partial charge on any atom is 0.256 e. The number of aromatic nitrogens is 2. The molecule has 158 valence electrons. The molecule has 2 aliphatic heterocycles. The van der Waals surface area contributed by atoms with Crippen LogP contribution in [0.4, 0.5) is 0 Å². The first-order chi connectivity index (χ1) is 14.1. The molecule has 7 heteroatoms. The Kier molecular flexibility index (Phi) is 6.01. The van der Waals surface area contributed by atoms with Gasteiger partial charge in [0.1, 0.15) is 5.82 Å². The summed E-state index contributed by atoms with van der Waals surface area (Å²) in [6, 6.07) is -0.142. The van der Waals surface area contributed by atoms with Gasteiger partial charge < -0.3 is 14.8 Å². The van der Waals surface area contributed by atoms with Gasteiger partial charge in [-0.15, -0.1) is 0 Å². The predicted octanol–water partition coefficient (Wildman–Crippen LogP) is 2.70. The minimum absolute atomic E-state index is 0.110. The maximum absolute atomic E-state index is 12.9. The standard InChI is InChI=1S/C22H32N4O3/c1-2-19(27)26-12-7-6-10-18(26)20-23-17-11-13-25(14-16(17)21(28)24-20)22(29)15-8-4-3-5-9-15/h15,18H,2-14H2,1H3,(H,23,24,28)/t18-/m1/s1. The summed E-state index contributed by atoms with van der Waals surface area (Å²) in [6.45, 7) is 3.58. The lowest BCUT2D eigenvalue weighted by molar-refractivity contribution is -0.137. The molecule has 29 heavy (non-hydrogen) atoms. The Labute approximate surface area is 171 Å². The van der Waals surface area contributed by atoms with Crippen molar-refractivity contribution >= 4 is 11.8 Å². The van der Waals surface area contributed by atoms with E-state index < -0.39 is 0 Å². The second kappa shape index (κ2) is 8.67. The number of rotatable bonds is 3. The highest BCUT2D eigenvalue weighted by Gasteiger charge is 2.33. The molecule has 1 aromatic heterocycles. The fraction of sp³-hybridized carbons (Fsp3) is 0.727. The number of likely N-dealkylation sites (tertiary alicyclic amines) is 1. The summed E-state index contributed by atoms with van der Waals surface area (Å²) in [5.41, 5.74) is 1.26. The fourth-order valence-corrected chi connectivity index (χ4v) is 5.12. The van der Waals surface area contributed by atoms with Crippen LogP contribution in [0.1, 0.15) is 87.8 Å². The number of H-pyrrole nitrogens is 1. The lowest BCUT2D eigenvalue weighted by atomic mass is 9.88. The summed E-state index contributed by atoms with van der Waals surface area (Å²) in [5.74, 6) is 1.04. The van der Waals surface area contributed by atoms with E-state index in [4.69, 9.17) is 4.98 Å². The molecule has 7 nitrogen and oxygen atoms in total. The lowest BCUT2D eigenvalue weighted by Gasteiger charge is -2.36. The maximum atomic E-state index is 12.9. The van der Waals surface area contributed by atoms with Crippen molar-refractivity contribution in [3.05, 3.63) is 27.4 Å². The molecule has 1 N–H and O–H groups in total. The van der Waals surface area contributed by atoms with E-state index in [0.29, 0.717) is 37.3 Å². The average Bonchev–Trinajstić information content (AvgIpc) is 2.78. The molecule has 4 rings (SSSR count). The fourth-order valence-electron chi connectivity index (χ4n) is 5.12. The molecule has 3 aliphatic rings. The van der Waals surface area contributed by atoms with Crippen LogP contribution in [-0.4, -0.2) is 44.7 Å². The van der Waals surface area contributed by atoms with Gasteiger partial charge in [0.25, 0.3) is 5.56 Å². The van der Waals surface area contributed by atoms with Crippen LogP contribution in [0.15, 0.2) is 4.79 Å². The normalized spacial score (nSPS) is 23.0. The summed E-state index contributed by atoms with van der Waals surface area (Å²) in [4.78, 5) is 49.6. The van der Waals surface area contributed by atoms with Crippen molar-refractivity contribution in [3.8, 4) is 0 Å². The molecule has 1 aromatic rings. The van der Waals surface area contributed by atoms with E-state index >= 15 is 0 Å². The molecule has 0 radical (unpaired) electrons. The van der Waals surface area contributed by atoms with Crippen molar-refractivity contribution in [3.63, 3.8) is 0 Å². The molecule has 3 heterocycles. The SMILES string of the molecule is CCC(=O)N1CCCC[C@@H]1c1nc2c(c(=O)[nH]1)CN(C(=O)C1CCCCC1)CC2. The molecule has 2 amide bonds. The van der Waals surface area contributed by atoms with Gasteiger partial charge in [-0.25, -0.2) is 4.98 Å². The molecule has 0 spiro atoms. The first-order valence-electron chi connectivity index (χ1n) is 11.3. The number of hydrogen-bond acceptors (Lipinski definition) is 4. The smallest absolute Gasteiger partial charge is 0.256 e. The molecular formula is C22H32N4O3. The number of aromatic amines is 1. The molecule has 1 saturated heterocycles. The van der Waals surface area contributed by atoms with E-state index in [0.717, 1.165) is 57.2 Å². The Morgan fingerprint density at radius 2 is 1.83 bits per heavy atom. The molecule has 1 aliphatic carbocycles. The Morgan fingerprint density at radius 1 is 1.07 bits per heavy atom. The number of hydrogen-bond donors (Lipinski definition) is 1. The molecule has 2 fully saturated rings. The van der Waals surface area contributed by atoms with Crippen LogP contribution in [0.25, 0.3) is 0 Å². The average molecular weight is 401 g/mol. The highest BCUT2D eigenvalue weighted by molar-refractivity contribution is 5.79. The van der Waals surface area contributed by atoms with Crippen LogP contribution in [0.3, 0.4) is 0 Å². The Balaban J connectivity index is 1.54. The van der Waals surface area contributed by atoms with Crippen LogP contribution in [0.5, 0.6) is 0 Å². The Bertz CT molecular complexity index is 828. The summed E-state index contributed by atoms with van der Waals surface area (Å²) >= 11 is 0. The van der Waals surface area contributed by atoms with Crippen molar-refractivity contribution in [2.75, 3.05) is 13.1 Å². The highest BCUT2D eigenvalue weighted by Crippen LogP contribution is 2.30. The topological polar surface area (TPSA) is 86.4 Å². The van der Waals surface area contributed by atoms with E-state index in [1.807, 2.05) is 16.7 Å². The van der Waals surface area contributed by atoms with Gasteiger partial charge in [0.15, 0.2) is 0 Å². The third-order valence-corrected chi connectivity index (χ3v) is 6.79. The number of carbonyl (C=O) groups excluding carboxylic acids is 2. The van der Waals surface area contributed by atoms with Gasteiger partial charge in [0.05, 0.1) is 23.8 Å². The molecule has 1 atom stereocenters. The first-order valence-corrected chi connectivity index (χ1v) is 11.3. The number of nitrogens with one attached hydrogen (secondary N) is 1. The Hall–Kier alpha value is -2.18. The second-order valence-corrected chi connectivity index (χ2v) is 8.67. The van der Waals surface area contributed by atoms with Crippen LogP contribution in [0, 0.1) is 5.92 Å². The highest BCUT2D eigenvalue weighted by atomic mass is 16.2. The van der Waals surface area contributed by atoms with Crippen LogP contribution in [-0.2, 0) is 22.6 Å². The van der Waals surface area contributed by atoms with Crippen LogP contribution < -0.4 is 5.56 Å². The second-order valence-electron chi connectivity index (χ2n) is 8.67. The van der Waals surface area contributed by atoms with Gasteiger partial charge in [-0.1, -0.05) is 26.2 Å². The lowest BCUT2D eigenvalue weighted by Crippen LogP contribution is -2.44. The summed E-state index contributed by atoms with van der Waals surface area (Å²) in [7, 11) is 0. The first kappa shape index (κ1) is 20.1. The third kappa shape index (κ3) is 4.09. The number of amides is 2. The molecular weight excluding hydrogens is 368 g/mol. The molecule has 1 saturated carbocycles. The Morgan fingerprint density at radius 3 is 2.59 bits per heavy atom.